The molecule has 1 aliphatic rings. The summed E-state index contributed by atoms with van der Waals surface area (Å²) in [5.41, 5.74) is -0.983. The first kappa shape index (κ1) is 15.6. The number of halogens is 2. The molecule has 0 atom stereocenters. The minimum atomic E-state index is -3.80. The van der Waals surface area contributed by atoms with Gasteiger partial charge in [-0.25, -0.2) is 13.1 Å². The number of aliphatic carboxylic acids is 1. The summed E-state index contributed by atoms with van der Waals surface area (Å²) in [7, 11) is -3.80. The van der Waals surface area contributed by atoms with Crippen molar-refractivity contribution in [2.24, 2.45) is 5.41 Å². The Hall–Kier alpha value is -0.820. The predicted octanol–water partition coefficient (Wildman–Crippen LogP) is 2.53. The van der Waals surface area contributed by atoms with Crippen LogP contribution < -0.4 is 4.72 Å². The Morgan fingerprint density at radius 1 is 1.30 bits per heavy atom. The highest BCUT2D eigenvalue weighted by atomic mass is 35.5. The Bertz CT molecular complexity index is 641. The molecule has 1 saturated carbocycles. The molecule has 0 unspecified atom stereocenters. The van der Waals surface area contributed by atoms with E-state index in [9.17, 15) is 13.2 Å². The molecule has 0 saturated heterocycles. The number of hydrogen-bond donors (Lipinski definition) is 2. The van der Waals surface area contributed by atoms with Crippen molar-refractivity contribution < 1.29 is 18.3 Å². The molecule has 0 spiro atoms. The molecule has 1 aromatic rings. The van der Waals surface area contributed by atoms with Gasteiger partial charge in [-0.1, -0.05) is 29.6 Å². The molecule has 1 fully saturated rings. The number of benzene rings is 1. The van der Waals surface area contributed by atoms with E-state index in [4.69, 9.17) is 28.3 Å². The standard InChI is InChI=1S/C12H13Cl2NO4S/c13-9-3-2-8(6-10(9)14)20(18,19)15-7-12(11(16)17)4-1-5-12/h2-3,6,15H,1,4-5,7H2,(H,16,17). The molecule has 0 bridgehead atoms. The number of hydrogen-bond acceptors (Lipinski definition) is 3. The lowest BCUT2D eigenvalue weighted by molar-refractivity contribution is -0.153. The molecule has 110 valence electrons. The maximum atomic E-state index is 12.1. The zero-order valence-electron chi connectivity index (χ0n) is 10.4. The van der Waals surface area contributed by atoms with E-state index in [1.54, 1.807) is 0 Å². The van der Waals surface area contributed by atoms with Gasteiger partial charge >= 0.3 is 5.97 Å². The number of rotatable bonds is 5. The highest BCUT2D eigenvalue weighted by Crippen LogP contribution is 2.40. The van der Waals surface area contributed by atoms with Crippen LogP contribution in [0.4, 0.5) is 0 Å². The van der Waals surface area contributed by atoms with Crippen LogP contribution in [0, 0.1) is 5.41 Å². The Morgan fingerprint density at radius 3 is 2.40 bits per heavy atom. The van der Waals surface area contributed by atoms with Crippen molar-refractivity contribution in [3.05, 3.63) is 28.2 Å². The van der Waals surface area contributed by atoms with E-state index in [1.165, 1.54) is 18.2 Å². The average Bonchev–Trinajstić information content (AvgIpc) is 2.30. The van der Waals surface area contributed by atoms with Gasteiger partial charge in [-0.15, -0.1) is 0 Å². The molecular formula is C12H13Cl2NO4S. The van der Waals surface area contributed by atoms with Crippen molar-refractivity contribution in [3.63, 3.8) is 0 Å². The monoisotopic (exact) mass is 337 g/mol. The second-order valence-corrected chi connectivity index (χ2v) is 7.42. The van der Waals surface area contributed by atoms with Crippen LogP contribution in [-0.4, -0.2) is 26.0 Å². The van der Waals surface area contributed by atoms with Crippen LogP contribution in [0.1, 0.15) is 19.3 Å². The third kappa shape index (κ3) is 2.93. The summed E-state index contributed by atoms with van der Waals surface area (Å²) >= 11 is 11.5. The van der Waals surface area contributed by atoms with Crippen LogP contribution in [0.25, 0.3) is 0 Å². The van der Waals surface area contributed by atoms with Crippen LogP contribution >= 0.6 is 23.2 Å². The second-order valence-electron chi connectivity index (χ2n) is 4.84. The molecule has 20 heavy (non-hydrogen) atoms. The number of carboxylic acid groups (broad SMARTS) is 1. The van der Waals surface area contributed by atoms with Gasteiger partial charge in [0, 0.05) is 6.54 Å². The van der Waals surface area contributed by atoms with Gasteiger partial charge in [0.25, 0.3) is 0 Å². The van der Waals surface area contributed by atoms with Crippen molar-refractivity contribution >= 4 is 39.2 Å². The minimum Gasteiger partial charge on any atom is -0.481 e. The minimum absolute atomic E-state index is 0.0354. The maximum Gasteiger partial charge on any atom is 0.310 e. The summed E-state index contributed by atoms with van der Waals surface area (Å²) in [4.78, 5) is 11.1. The van der Waals surface area contributed by atoms with Crippen molar-refractivity contribution in [1.82, 2.24) is 4.72 Å². The molecule has 0 aromatic heterocycles. The quantitative estimate of drug-likeness (QED) is 0.864. The second kappa shape index (κ2) is 5.52. The molecule has 2 N–H and O–H groups in total. The summed E-state index contributed by atoms with van der Waals surface area (Å²) in [6.07, 6.45) is 1.75. The summed E-state index contributed by atoms with van der Waals surface area (Å²) in [5.74, 6) is -0.972. The topological polar surface area (TPSA) is 83.5 Å². The van der Waals surface area contributed by atoms with E-state index in [0.717, 1.165) is 6.42 Å². The Morgan fingerprint density at radius 2 is 1.95 bits per heavy atom. The summed E-state index contributed by atoms with van der Waals surface area (Å²) in [5, 5.41) is 9.55. The van der Waals surface area contributed by atoms with Crippen LogP contribution in [0.3, 0.4) is 0 Å². The largest absolute Gasteiger partial charge is 0.481 e. The van der Waals surface area contributed by atoms with E-state index < -0.39 is 21.4 Å². The fourth-order valence-electron chi connectivity index (χ4n) is 2.03. The Kier molecular flexibility index (Phi) is 4.30. The molecule has 0 heterocycles. The van der Waals surface area contributed by atoms with Crippen molar-refractivity contribution in [2.75, 3.05) is 6.54 Å². The summed E-state index contributed by atoms with van der Waals surface area (Å²) in [6.45, 7) is -0.120. The molecule has 1 aromatic carbocycles. The first-order valence-corrected chi connectivity index (χ1v) is 8.19. The van der Waals surface area contributed by atoms with Crippen molar-refractivity contribution in [3.8, 4) is 0 Å². The smallest absolute Gasteiger partial charge is 0.310 e. The van der Waals surface area contributed by atoms with E-state index in [-0.39, 0.29) is 21.5 Å². The molecule has 5 nitrogen and oxygen atoms in total. The van der Waals surface area contributed by atoms with E-state index in [2.05, 4.69) is 4.72 Å². The van der Waals surface area contributed by atoms with Gasteiger partial charge in [-0.05, 0) is 31.0 Å². The van der Waals surface area contributed by atoms with Gasteiger partial charge in [0.1, 0.15) is 0 Å². The first-order chi connectivity index (χ1) is 9.27. The lowest BCUT2D eigenvalue weighted by Gasteiger charge is -2.37. The van der Waals surface area contributed by atoms with E-state index >= 15 is 0 Å². The van der Waals surface area contributed by atoms with Crippen LogP contribution in [0.2, 0.25) is 10.0 Å². The van der Waals surface area contributed by atoms with Gasteiger partial charge in [0.2, 0.25) is 10.0 Å². The lowest BCUT2D eigenvalue weighted by atomic mass is 9.69. The SMILES string of the molecule is O=C(O)C1(CNS(=O)(=O)c2ccc(Cl)c(Cl)c2)CCC1. The van der Waals surface area contributed by atoms with Gasteiger partial charge in [-0.3, -0.25) is 4.79 Å². The molecule has 0 amide bonds. The van der Waals surface area contributed by atoms with Crippen molar-refractivity contribution in [2.45, 2.75) is 24.2 Å². The fourth-order valence-corrected chi connectivity index (χ4v) is 3.55. The Labute approximate surface area is 126 Å². The third-order valence-electron chi connectivity index (χ3n) is 3.57. The molecular weight excluding hydrogens is 325 g/mol. The summed E-state index contributed by atoms with van der Waals surface area (Å²) < 4.78 is 26.5. The number of carboxylic acids is 1. The number of nitrogens with one attached hydrogen (secondary N) is 1. The maximum absolute atomic E-state index is 12.1. The van der Waals surface area contributed by atoms with Gasteiger partial charge in [0.05, 0.1) is 20.4 Å². The van der Waals surface area contributed by atoms with Gasteiger partial charge in [-0.2, -0.15) is 0 Å². The number of carbonyl (C=O) groups is 1. The zero-order valence-corrected chi connectivity index (χ0v) is 12.7. The average molecular weight is 338 g/mol. The summed E-state index contributed by atoms with van der Waals surface area (Å²) in [6, 6.07) is 3.94. The molecule has 2 rings (SSSR count). The molecule has 0 aliphatic heterocycles. The highest BCUT2D eigenvalue weighted by molar-refractivity contribution is 7.89. The van der Waals surface area contributed by atoms with E-state index in [0.29, 0.717) is 12.8 Å². The fraction of sp³-hybridized carbons (Fsp3) is 0.417. The van der Waals surface area contributed by atoms with Gasteiger partial charge < -0.3 is 5.11 Å². The molecule has 8 heteroatoms. The first-order valence-electron chi connectivity index (χ1n) is 5.95. The Balaban J connectivity index is 2.15. The highest BCUT2D eigenvalue weighted by Gasteiger charge is 2.44. The predicted molar refractivity (Wildman–Crippen MR) is 75.6 cm³/mol. The molecule has 1 aliphatic carbocycles. The van der Waals surface area contributed by atoms with Crippen LogP contribution in [0.15, 0.2) is 23.1 Å². The van der Waals surface area contributed by atoms with Crippen LogP contribution in [-0.2, 0) is 14.8 Å². The van der Waals surface area contributed by atoms with Gasteiger partial charge in [0.15, 0.2) is 0 Å². The van der Waals surface area contributed by atoms with Crippen LogP contribution in [0.5, 0.6) is 0 Å². The third-order valence-corrected chi connectivity index (χ3v) is 5.70. The van der Waals surface area contributed by atoms with Crippen molar-refractivity contribution in [1.29, 1.82) is 0 Å². The number of sulfonamides is 1. The molecule has 0 radical (unpaired) electrons. The lowest BCUT2D eigenvalue weighted by Crippen LogP contribution is -2.47. The zero-order chi connectivity index (χ0) is 15.0. The van der Waals surface area contributed by atoms with E-state index in [1.807, 2.05) is 0 Å². The normalized spacial score (nSPS) is 17.5.